The molecule has 1 N–H and O–H groups in total. The lowest BCUT2D eigenvalue weighted by molar-refractivity contribution is 0.493. The summed E-state index contributed by atoms with van der Waals surface area (Å²) in [5, 5.41) is 7.71. The largest absolute Gasteiger partial charge is 0.311 e. The van der Waals surface area contributed by atoms with Crippen molar-refractivity contribution in [2.75, 3.05) is 6.54 Å². The van der Waals surface area contributed by atoms with Crippen LogP contribution < -0.4 is 5.32 Å². The summed E-state index contributed by atoms with van der Waals surface area (Å²) in [5.74, 6) is 0. The van der Waals surface area contributed by atoms with Crippen molar-refractivity contribution < 1.29 is 0 Å². The Labute approximate surface area is 98.7 Å². The predicted octanol–water partition coefficient (Wildman–Crippen LogP) is 2.78. The minimum Gasteiger partial charge on any atom is -0.311 e. The normalized spacial score (nSPS) is 10.4. The van der Waals surface area contributed by atoms with Gasteiger partial charge in [-0.3, -0.25) is 4.68 Å². The van der Waals surface area contributed by atoms with Gasteiger partial charge in [0.05, 0.1) is 5.69 Å². The Morgan fingerprint density at radius 3 is 2.80 bits per heavy atom. The van der Waals surface area contributed by atoms with Gasteiger partial charge in [-0.2, -0.15) is 5.10 Å². The van der Waals surface area contributed by atoms with Crippen LogP contribution in [-0.2, 0) is 6.54 Å². The van der Waals surface area contributed by atoms with E-state index in [9.17, 15) is 0 Å². The highest BCUT2D eigenvalue weighted by Crippen LogP contribution is 2.07. The number of hydrogen-bond acceptors (Lipinski definition) is 2. The Kier molecular flexibility index (Phi) is 7.44. The van der Waals surface area contributed by atoms with E-state index in [2.05, 4.69) is 41.9 Å². The van der Waals surface area contributed by atoms with Crippen LogP contribution in [0.25, 0.3) is 0 Å². The van der Waals surface area contributed by atoms with Gasteiger partial charge in [-0.1, -0.05) is 13.3 Å². The summed E-state index contributed by atoms with van der Waals surface area (Å²) < 4.78 is 2.07. The fourth-order valence-corrected chi connectivity index (χ4v) is 1.46. The Hall–Kier alpha value is -0.540. The standard InChI is InChI=1S/C11H21N3.ClH/c1-4-5-7-12-9-11-6-8-13-14(11)10(2)3;/h6,8,10,12H,4-5,7,9H2,1-3H3;1H. The minimum absolute atomic E-state index is 0. The molecule has 0 spiro atoms. The zero-order valence-corrected chi connectivity index (χ0v) is 10.7. The zero-order chi connectivity index (χ0) is 10.4. The van der Waals surface area contributed by atoms with E-state index in [4.69, 9.17) is 0 Å². The highest BCUT2D eigenvalue weighted by Gasteiger charge is 2.04. The van der Waals surface area contributed by atoms with E-state index in [-0.39, 0.29) is 12.4 Å². The number of aromatic nitrogens is 2. The van der Waals surface area contributed by atoms with Crippen LogP contribution in [0.2, 0.25) is 0 Å². The second kappa shape index (κ2) is 7.71. The highest BCUT2D eigenvalue weighted by molar-refractivity contribution is 5.85. The summed E-state index contributed by atoms with van der Waals surface area (Å²) in [6.45, 7) is 8.54. The SMILES string of the molecule is CCCCNCc1ccnn1C(C)C.Cl. The van der Waals surface area contributed by atoms with Crippen molar-refractivity contribution in [3.8, 4) is 0 Å². The molecule has 1 aromatic heterocycles. The molecule has 1 heterocycles. The summed E-state index contributed by atoms with van der Waals surface area (Å²) in [6, 6.07) is 2.53. The van der Waals surface area contributed by atoms with Crippen LogP contribution in [0.1, 0.15) is 45.3 Å². The summed E-state index contributed by atoms with van der Waals surface area (Å²) >= 11 is 0. The summed E-state index contributed by atoms with van der Waals surface area (Å²) in [4.78, 5) is 0. The molecule has 0 aliphatic carbocycles. The highest BCUT2D eigenvalue weighted by atomic mass is 35.5. The lowest BCUT2D eigenvalue weighted by atomic mass is 10.3. The van der Waals surface area contributed by atoms with Gasteiger partial charge in [-0.15, -0.1) is 12.4 Å². The van der Waals surface area contributed by atoms with Gasteiger partial charge in [0.2, 0.25) is 0 Å². The molecule has 1 aromatic rings. The van der Waals surface area contributed by atoms with Crippen LogP contribution in [0.3, 0.4) is 0 Å². The molecule has 0 aliphatic rings. The van der Waals surface area contributed by atoms with Gasteiger partial charge in [-0.25, -0.2) is 0 Å². The van der Waals surface area contributed by atoms with Gasteiger partial charge in [0.25, 0.3) is 0 Å². The van der Waals surface area contributed by atoms with Crippen LogP contribution in [0.5, 0.6) is 0 Å². The maximum absolute atomic E-state index is 4.29. The van der Waals surface area contributed by atoms with E-state index in [0.717, 1.165) is 13.1 Å². The first kappa shape index (κ1) is 14.5. The van der Waals surface area contributed by atoms with E-state index in [1.54, 1.807) is 0 Å². The average Bonchev–Trinajstić information content (AvgIpc) is 2.60. The van der Waals surface area contributed by atoms with Gasteiger partial charge < -0.3 is 5.32 Å². The van der Waals surface area contributed by atoms with Crippen LogP contribution >= 0.6 is 12.4 Å². The third kappa shape index (κ3) is 4.67. The molecule has 0 aromatic carbocycles. The molecule has 0 amide bonds. The Morgan fingerprint density at radius 2 is 2.20 bits per heavy atom. The van der Waals surface area contributed by atoms with Crippen molar-refractivity contribution in [3.63, 3.8) is 0 Å². The zero-order valence-electron chi connectivity index (χ0n) is 9.86. The van der Waals surface area contributed by atoms with E-state index < -0.39 is 0 Å². The van der Waals surface area contributed by atoms with Crippen molar-refractivity contribution in [1.82, 2.24) is 15.1 Å². The molecule has 0 bridgehead atoms. The van der Waals surface area contributed by atoms with Crippen LogP contribution in [0.4, 0.5) is 0 Å². The molecule has 0 fully saturated rings. The molecule has 15 heavy (non-hydrogen) atoms. The number of rotatable bonds is 6. The first-order valence-electron chi connectivity index (χ1n) is 5.48. The maximum Gasteiger partial charge on any atom is 0.0525 e. The molecule has 0 saturated heterocycles. The van der Waals surface area contributed by atoms with Crippen molar-refractivity contribution >= 4 is 12.4 Å². The number of hydrogen-bond donors (Lipinski definition) is 1. The van der Waals surface area contributed by atoms with Crippen molar-refractivity contribution in [2.24, 2.45) is 0 Å². The molecule has 0 radical (unpaired) electrons. The van der Waals surface area contributed by atoms with E-state index >= 15 is 0 Å². The average molecular weight is 232 g/mol. The van der Waals surface area contributed by atoms with E-state index in [1.807, 2.05) is 6.20 Å². The van der Waals surface area contributed by atoms with Crippen LogP contribution in [-0.4, -0.2) is 16.3 Å². The van der Waals surface area contributed by atoms with Crippen molar-refractivity contribution in [2.45, 2.75) is 46.2 Å². The fourth-order valence-electron chi connectivity index (χ4n) is 1.46. The molecular weight excluding hydrogens is 210 g/mol. The van der Waals surface area contributed by atoms with Gasteiger partial charge in [0.15, 0.2) is 0 Å². The smallest absolute Gasteiger partial charge is 0.0525 e. The Balaban J connectivity index is 0.00000196. The maximum atomic E-state index is 4.29. The molecule has 3 nitrogen and oxygen atoms in total. The second-order valence-electron chi connectivity index (χ2n) is 3.89. The summed E-state index contributed by atoms with van der Waals surface area (Å²) in [7, 11) is 0. The molecule has 0 saturated carbocycles. The first-order valence-corrected chi connectivity index (χ1v) is 5.48. The molecule has 1 rings (SSSR count). The van der Waals surface area contributed by atoms with Gasteiger partial charge in [0, 0.05) is 18.8 Å². The van der Waals surface area contributed by atoms with Gasteiger partial charge in [-0.05, 0) is 32.9 Å². The van der Waals surface area contributed by atoms with Gasteiger partial charge in [0.1, 0.15) is 0 Å². The third-order valence-corrected chi connectivity index (χ3v) is 2.25. The third-order valence-electron chi connectivity index (χ3n) is 2.25. The first-order chi connectivity index (χ1) is 6.75. The lowest BCUT2D eigenvalue weighted by Gasteiger charge is -2.11. The summed E-state index contributed by atoms with van der Waals surface area (Å²) in [5.41, 5.74) is 1.27. The van der Waals surface area contributed by atoms with Crippen molar-refractivity contribution in [3.05, 3.63) is 18.0 Å². The molecule has 88 valence electrons. The monoisotopic (exact) mass is 231 g/mol. The predicted molar refractivity (Wildman–Crippen MR) is 66.5 cm³/mol. The summed E-state index contributed by atoms with van der Waals surface area (Å²) in [6.07, 6.45) is 4.36. The van der Waals surface area contributed by atoms with Crippen LogP contribution in [0, 0.1) is 0 Å². The van der Waals surface area contributed by atoms with E-state index in [0.29, 0.717) is 6.04 Å². The van der Waals surface area contributed by atoms with E-state index in [1.165, 1.54) is 18.5 Å². The second-order valence-corrected chi connectivity index (χ2v) is 3.89. The quantitative estimate of drug-likeness (QED) is 0.764. The van der Waals surface area contributed by atoms with Crippen LogP contribution in [0.15, 0.2) is 12.3 Å². The molecular formula is C11H22ClN3. The number of nitrogens with zero attached hydrogens (tertiary/aromatic N) is 2. The molecule has 0 unspecified atom stereocenters. The van der Waals surface area contributed by atoms with Gasteiger partial charge >= 0.3 is 0 Å². The minimum atomic E-state index is 0. The Bertz CT molecular complexity index is 258. The number of unbranched alkanes of at least 4 members (excludes halogenated alkanes) is 1. The Morgan fingerprint density at radius 1 is 1.47 bits per heavy atom. The molecule has 0 atom stereocenters. The molecule has 0 aliphatic heterocycles. The number of halogens is 1. The fraction of sp³-hybridized carbons (Fsp3) is 0.727. The lowest BCUT2D eigenvalue weighted by Crippen LogP contribution is -2.18. The number of nitrogens with one attached hydrogen (secondary N) is 1. The topological polar surface area (TPSA) is 29.9 Å². The molecule has 4 heteroatoms. The van der Waals surface area contributed by atoms with Crippen molar-refractivity contribution in [1.29, 1.82) is 0 Å².